The Labute approximate surface area is 82.0 Å². The van der Waals surface area contributed by atoms with E-state index < -0.39 is 0 Å². The monoisotopic (exact) mass is 192 g/mol. The predicted octanol–water partition coefficient (Wildman–Crippen LogP) is 2.69. The van der Waals surface area contributed by atoms with Crippen LogP contribution in [0.5, 0.6) is 0 Å². The van der Waals surface area contributed by atoms with Crippen LogP contribution in [0, 0.1) is 0 Å². The second kappa shape index (κ2) is 4.20. The summed E-state index contributed by atoms with van der Waals surface area (Å²) in [4.78, 5) is 13.7. The number of aromatic nitrogens is 1. The highest BCUT2D eigenvalue weighted by molar-refractivity contribution is 5.50. The topological polar surface area (TPSA) is 55.5 Å². The Morgan fingerprint density at radius 2 is 2.21 bits per heavy atom. The van der Waals surface area contributed by atoms with Gasteiger partial charge < -0.3 is 4.52 Å². The summed E-state index contributed by atoms with van der Waals surface area (Å²) < 4.78 is 5.13. The highest BCUT2D eigenvalue weighted by Crippen LogP contribution is 2.37. The van der Waals surface area contributed by atoms with E-state index in [4.69, 9.17) is 4.52 Å². The van der Waals surface area contributed by atoms with Crippen molar-refractivity contribution in [3.63, 3.8) is 0 Å². The molecule has 74 valence electrons. The molecule has 0 spiro atoms. The molecule has 0 radical (unpaired) electrons. The van der Waals surface area contributed by atoms with Crippen LogP contribution < -0.4 is 0 Å². The second-order valence-electron chi connectivity index (χ2n) is 3.61. The Hall–Kier alpha value is -1.41. The lowest BCUT2D eigenvalue weighted by Crippen LogP contribution is -2.03. The van der Waals surface area contributed by atoms with Crippen LogP contribution in [0.1, 0.15) is 43.8 Å². The lowest BCUT2D eigenvalue weighted by Gasteiger charge is -2.18. The molecule has 0 aliphatic heterocycles. The van der Waals surface area contributed by atoms with Crippen LogP contribution in [-0.2, 0) is 4.79 Å². The van der Waals surface area contributed by atoms with Gasteiger partial charge in [0.2, 0.25) is 6.08 Å². The van der Waals surface area contributed by atoms with Crippen molar-refractivity contribution in [1.82, 2.24) is 5.16 Å². The SMILES string of the molecule is O=C=Nc1cnoc1C1CCCCC1. The molecule has 1 aliphatic rings. The van der Waals surface area contributed by atoms with Crippen LogP contribution >= 0.6 is 0 Å². The van der Waals surface area contributed by atoms with Crippen LogP contribution in [0.15, 0.2) is 15.7 Å². The number of isocyanates is 1. The van der Waals surface area contributed by atoms with Gasteiger partial charge in [0.25, 0.3) is 0 Å². The highest BCUT2D eigenvalue weighted by Gasteiger charge is 2.22. The van der Waals surface area contributed by atoms with Crippen LogP contribution in [-0.4, -0.2) is 11.2 Å². The Morgan fingerprint density at radius 1 is 1.43 bits per heavy atom. The summed E-state index contributed by atoms with van der Waals surface area (Å²) in [5.74, 6) is 1.14. The van der Waals surface area contributed by atoms with Crippen molar-refractivity contribution >= 4 is 11.8 Å². The maximum atomic E-state index is 10.1. The molecule has 1 aliphatic carbocycles. The molecule has 0 saturated heterocycles. The average molecular weight is 192 g/mol. The molecule has 1 heterocycles. The van der Waals surface area contributed by atoms with Crippen molar-refractivity contribution in [2.24, 2.45) is 4.99 Å². The van der Waals surface area contributed by atoms with Gasteiger partial charge in [0.15, 0.2) is 5.76 Å². The lowest BCUT2D eigenvalue weighted by atomic mass is 9.87. The smallest absolute Gasteiger partial charge is 0.240 e. The first-order valence-corrected chi connectivity index (χ1v) is 4.94. The zero-order chi connectivity index (χ0) is 9.80. The number of rotatable bonds is 2. The molecule has 1 saturated carbocycles. The van der Waals surface area contributed by atoms with Crippen molar-refractivity contribution in [3.05, 3.63) is 12.0 Å². The first-order valence-electron chi connectivity index (χ1n) is 4.94. The van der Waals surface area contributed by atoms with E-state index in [9.17, 15) is 4.79 Å². The standard InChI is InChI=1S/C10H12N2O2/c13-7-11-9-6-12-14-10(9)8-4-2-1-3-5-8/h6,8H,1-5H2. The summed E-state index contributed by atoms with van der Waals surface area (Å²) in [5, 5.41) is 3.67. The third kappa shape index (κ3) is 1.75. The summed E-state index contributed by atoms with van der Waals surface area (Å²) in [6.45, 7) is 0. The molecule has 1 aromatic heterocycles. The molecule has 0 aromatic carbocycles. The summed E-state index contributed by atoms with van der Waals surface area (Å²) in [5.41, 5.74) is 0.548. The molecule has 1 aromatic rings. The largest absolute Gasteiger partial charge is 0.359 e. The Balaban J connectivity index is 2.21. The molecule has 0 unspecified atom stereocenters. The minimum absolute atomic E-state index is 0.387. The Bertz CT molecular complexity index is 347. The second-order valence-corrected chi connectivity index (χ2v) is 3.61. The Kier molecular flexibility index (Phi) is 2.75. The number of carbonyl (C=O) groups excluding carboxylic acids is 1. The summed E-state index contributed by atoms with van der Waals surface area (Å²) in [6, 6.07) is 0. The van der Waals surface area contributed by atoms with Crippen LogP contribution in [0.4, 0.5) is 5.69 Å². The Morgan fingerprint density at radius 3 is 2.93 bits per heavy atom. The zero-order valence-electron chi connectivity index (χ0n) is 7.90. The van der Waals surface area contributed by atoms with Crippen molar-refractivity contribution in [2.45, 2.75) is 38.0 Å². The van der Waals surface area contributed by atoms with Gasteiger partial charge in [-0.15, -0.1) is 0 Å². The normalized spacial score (nSPS) is 17.7. The van der Waals surface area contributed by atoms with E-state index in [1.54, 1.807) is 0 Å². The van der Waals surface area contributed by atoms with E-state index in [2.05, 4.69) is 10.1 Å². The predicted molar refractivity (Wildman–Crippen MR) is 50.1 cm³/mol. The highest BCUT2D eigenvalue weighted by atomic mass is 16.5. The molecule has 0 amide bonds. The number of nitrogens with zero attached hydrogens (tertiary/aromatic N) is 2. The van der Waals surface area contributed by atoms with Crippen LogP contribution in [0.25, 0.3) is 0 Å². The average Bonchev–Trinajstić information content (AvgIpc) is 2.68. The number of hydrogen-bond donors (Lipinski definition) is 0. The molecule has 0 N–H and O–H groups in total. The molecule has 1 fully saturated rings. The van der Waals surface area contributed by atoms with Gasteiger partial charge in [-0.2, -0.15) is 4.99 Å². The fourth-order valence-corrected chi connectivity index (χ4v) is 2.03. The van der Waals surface area contributed by atoms with Gasteiger partial charge in [0, 0.05) is 5.92 Å². The van der Waals surface area contributed by atoms with Gasteiger partial charge in [0.05, 0.1) is 6.20 Å². The van der Waals surface area contributed by atoms with Crippen molar-refractivity contribution in [1.29, 1.82) is 0 Å². The van der Waals surface area contributed by atoms with Crippen LogP contribution in [0.2, 0.25) is 0 Å². The summed E-state index contributed by atoms with van der Waals surface area (Å²) in [6.07, 6.45) is 8.95. The third-order valence-corrected chi connectivity index (χ3v) is 2.72. The van der Waals surface area contributed by atoms with E-state index in [0.717, 1.165) is 18.6 Å². The molecular weight excluding hydrogens is 180 g/mol. The molecule has 14 heavy (non-hydrogen) atoms. The van der Waals surface area contributed by atoms with Crippen LogP contribution in [0.3, 0.4) is 0 Å². The van der Waals surface area contributed by atoms with E-state index in [1.165, 1.54) is 31.5 Å². The first kappa shape index (κ1) is 9.16. The molecular formula is C10H12N2O2. The van der Waals surface area contributed by atoms with E-state index in [0.29, 0.717) is 11.6 Å². The maximum Gasteiger partial charge on any atom is 0.240 e. The molecule has 4 heteroatoms. The molecule has 0 bridgehead atoms. The quantitative estimate of drug-likeness (QED) is 0.534. The minimum atomic E-state index is 0.387. The van der Waals surface area contributed by atoms with Gasteiger partial charge in [-0.1, -0.05) is 24.4 Å². The number of aliphatic imine (C=N–C) groups is 1. The summed E-state index contributed by atoms with van der Waals surface area (Å²) >= 11 is 0. The van der Waals surface area contributed by atoms with Gasteiger partial charge in [-0.25, -0.2) is 4.79 Å². The van der Waals surface area contributed by atoms with E-state index >= 15 is 0 Å². The maximum absolute atomic E-state index is 10.1. The van der Waals surface area contributed by atoms with Crippen molar-refractivity contribution in [2.75, 3.05) is 0 Å². The molecule has 4 nitrogen and oxygen atoms in total. The van der Waals surface area contributed by atoms with E-state index in [1.807, 2.05) is 0 Å². The van der Waals surface area contributed by atoms with Crippen molar-refractivity contribution < 1.29 is 9.32 Å². The van der Waals surface area contributed by atoms with Gasteiger partial charge in [-0.05, 0) is 12.8 Å². The lowest BCUT2D eigenvalue weighted by molar-refractivity contribution is 0.322. The fraction of sp³-hybridized carbons (Fsp3) is 0.600. The fourth-order valence-electron chi connectivity index (χ4n) is 2.03. The van der Waals surface area contributed by atoms with E-state index in [-0.39, 0.29) is 0 Å². The molecule has 2 rings (SSSR count). The number of hydrogen-bond acceptors (Lipinski definition) is 4. The minimum Gasteiger partial charge on any atom is -0.359 e. The molecule has 0 atom stereocenters. The van der Waals surface area contributed by atoms with Crippen molar-refractivity contribution in [3.8, 4) is 0 Å². The summed E-state index contributed by atoms with van der Waals surface area (Å²) in [7, 11) is 0. The van der Waals surface area contributed by atoms with Gasteiger partial charge in [-0.3, -0.25) is 0 Å². The zero-order valence-corrected chi connectivity index (χ0v) is 7.90. The van der Waals surface area contributed by atoms with Gasteiger partial charge in [0.1, 0.15) is 5.69 Å². The third-order valence-electron chi connectivity index (χ3n) is 2.72. The van der Waals surface area contributed by atoms with Gasteiger partial charge >= 0.3 is 0 Å². The first-order chi connectivity index (χ1) is 6.92.